The average Bonchev–Trinajstić information content (AvgIpc) is 2.96. The molecular weight excluding hydrogens is 579 g/mol. The molecule has 0 aliphatic carbocycles. The van der Waals surface area contributed by atoms with E-state index in [4.69, 9.17) is 23.2 Å². The van der Waals surface area contributed by atoms with Crippen LogP contribution in [0, 0.1) is 13.8 Å². The lowest BCUT2D eigenvalue weighted by Gasteiger charge is -2.09. The lowest BCUT2D eigenvalue weighted by molar-refractivity contribution is -0.124. The van der Waals surface area contributed by atoms with Crippen LogP contribution in [-0.4, -0.2) is 36.1 Å². The minimum Gasteiger partial charge on any atom is -0.326 e. The van der Waals surface area contributed by atoms with Crippen LogP contribution in [-0.2, 0) is 19.2 Å². The zero-order valence-corrected chi connectivity index (χ0v) is 24.6. The Morgan fingerprint density at radius 1 is 0.595 bits per heavy atom. The van der Waals surface area contributed by atoms with Crippen LogP contribution in [0.5, 0.6) is 0 Å². The molecule has 0 heterocycles. The first-order valence-electron chi connectivity index (χ1n) is 13.0. The van der Waals surface area contributed by atoms with Crippen molar-refractivity contribution in [3.63, 3.8) is 0 Å². The van der Waals surface area contributed by atoms with E-state index < -0.39 is 11.8 Å². The smallest absolute Gasteiger partial charge is 0.240 e. The minimum atomic E-state index is -0.402. The highest BCUT2D eigenvalue weighted by atomic mass is 35.5. The molecule has 0 saturated carbocycles. The number of amides is 4. The number of hydrogen-bond acceptors (Lipinski definition) is 6. The number of nitrogens with zero attached hydrogens (tertiary/aromatic N) is 2. The zero-order chi connectivity index (χ0) is 30.5. The van der Waals surface area contributed by atoms with Crippen molar-refractivity contribution in [2.24, 2.45) is 10.2 Å². The molecule has 0 aliphatic rings. The summed E-state index contributed by atoms with van der Waals surface area (Å²) < 4.78 is 0. The zero-order valence-electron chi connectivity index (χ0n) is 23.0. The molecule has 0 atom stereocenters. The molecular formula is C30H30Cl2N6O4. The predicted molar refractivity (Wildman–Crippen MR) is 166 cm³/mol. The molecule has 12 heteroatoms. The quantitative estimate of drug-likeness (QED) is 0.162. The highest BCUT2D eigenvalue weighted by Crippen LogP contribution is 2.24. The Balaban J connectivity index is 1.34. The number of carbonyl (C=O) groups excluding carboxylic acids is 4. The van der Waals surface area contributed by atoms with Crippen molar-refractivity contribution in [2.45, 2.75) is 39.5 Å². The average molecular weight is 610 g/mol. The number of carbonyl (C=O) groups is 4. The molecule has 0 fully saturated rings. The Morgan fingerprint density at radius 2 is 0.952 bits per heavy atom. The number of hydrogen-bond donors (Lipinski definition) is 4. The molecule has 4 amide bonds. The fraction of sp³-hybridized carbons (Fsp3) is 0.200. The molecule has 218 valence electrons. The third-order valence-corrected chi connectivity index (χ3v) is 6.80. The van der Waals surface area contributed by atoms with Gasteiger partial charge in [0.15, 0.2) is 0 Å². The van der Waals surface area contributed by atoms with Crippen LogP contribution in [0.15, 0.2) is 70.9 Å². The van der Waals surface area contributed by atoms with Crippen molar-refractivity contribution in [1.29, 1.82) is 0 Å². The summed E-state index contributed by atoms with van der Waals surface area (Å²) in [6.45, 7) is 3.60. The van der Waals surface area contributed by atoms with Crippen LogP contribution in [0.25, 0.3) is 0 Å². The van der Waals surface area contributed by atoms with Crippen LogP contribution in [0.1, 0.15) is 47.9 Å². The van der Waals surface area contributed by atoms with Crippen molar-refractivity contribution < 1.29 is 19.2 Å². The summed E-state index contributed by atoms with van der Waals surface area (Å²) in [5.41, 5.74) is 8.93. The monoisotopic (exact) mass is 608 g/mol. The molecule has 3 aromatic rings. The summed E-state index contributed by atoms with van der Waals surface area (Å²) >= 11 is 12.1. The molecule has 0 bridgehead atoms. The van der Waals surface area contributed by atoms with E-state index in [-0.39, 0.29) is 37.5 Å². The van der Waals surface area contributed by atoms with Gasteiger partial charge in [-0.3, -0.25) is 19.2 Å². The first-order chi connectivity index (χ1) is 20.1. The largest absolute Gasteiger partial charge is 0.326 e. The van der Waals surface area contributed by atoms with Crippen LogP contribution < -0.4 is 21.5 Å². The van der Waals surface area contributed by atoms with E-state index in [0.29, 0.717) is 32.5 Å². The first-order valence-corrected chi connectivity index (χ1v) is 13.7. The first kappa shape index (κ1) is 32.0. The van der Waals surface area contributed by atoms with Gasteiger partial charge in [0.25, 0.3) is 0 Å². The minimum absolute atomic E-state index is 0.00617. The van der Waals surface area contributed by atoms with E-state index in [2.05, 4.69) is 31.7 Å². The second-order valence-electron chi connectivity index (χ2n) is 9.17. The Hall–Kier alpha value is -4.54. The number of benzene rings is 3. The van der Waals surface area contributed by atoms with Gasteiger partial charge in [-0.15, -0.1) is 0 Å². The molecule has 0 spiro atoms. The maximum atomic E-state index is 12.1. The summed E-state index contributed by atoms with van der Waals surface area (Å²) in [5, 5.41) is 14.4. The second kappa shape index (κ2) is 16.0. The normalized spacial score (nSPS) is 11.0. The molecule has 0 aliphatic heterocycles. The molecule has 0 aromatic heterocycles. The Morgan fingerprint density at radius 3 is 1.33 bits per heavy atom. The standard InChI is InChI=1S/C30H30Cl2N6O4/c1-19-23(31)5-3-7-25(19)35-27(39)13-15-29(41)37-33-17-21-9-11-22(12-10-21)18-34-38-30(42)16-14-28(40)36-26-8-4-6-24(32)20(26)2/h3-12,17-18H,13-16H2,1-2H3,(H,35,39)(H,36,40)(H,37,41)(H,38,42)/b33-17+,34-18+. The van der Waals surface area contributed by atoms with Gasteiger partial charge in [-0.1, -0.05) is 59.6 Å². The van der Waals surface area contributed by atoms with Gasteiger partial charge in [0, 0.05) is 47.1 Å². The summed E-state index contributed by atoms with van der Waals surface area (Å²) in [7, 11) is 0. The van der Waals surface area contributed by atoms with Crippen molar-refractivity contribution in [1.82, 2.24) is 10.9 Å². The second-order valence-corrected chi connectivity index (χ2v) is 9.99. The lowest BCUT2D eigenvalue weighted by Crippen LogP contribution is -2.21. The Bertz CT molecular complexity index is 1390. The van der Waals surface area contributed by atoms with Gasteiger partial charge in [-0.25, -0.2) is 10.9 Å². The van der Waals surface area contributed by atoms with E-state index in [9.17, 15) is 19.2 Å². The molecule has 3 rings (SSSR count). The molecule has 0 saturated heterocycles. The maximum absolute atomic E-state index is 12.1. The predicted octanol–water partition coefficient (Wildman–Crippen LogP) is 5.35. The van der Waals surface area contributed by atoms with Gasteiger partial charge in [-0.2, -0.15) is 10.2 Å². The van der Waals surface area contributed by atoms with Gasteiger partial charge in [0.2, 0.25) is 23.6 Å². The summed E-state index contributed by atoms with van der Waals surface area (Å²) in [6.07, 6.45) is 2.85. The highest BCUT2D eigenvalue weighted by molar-refractivity contribution is 6.32. The van der Waals surface area contributed by atoms with Crippen molar-refractivity contribution >= 4 is 70.6 Å². The van der Waals surface area contributed by atoms with Gasteiger partial charge >= 0.3 is 0 Å². The molecule has 4 N–H and O–H groups in total. The van der Waals surface area contributed by atoms with E-state index in [1.807, 2.05) is 0 Å². The number of hydrazone groups is 2. The lowest BCUT2D eigenvalue weighted by atomic mass is 10.2. The van der Waals surface area contributed by atoms with Crippen LogP contribution in [0.4, 0.5) is 11.4 Å². The van der Waals surface area contributed by atoms with Crippen LogP contribution in [0.2, 0.25) is 10.0 Å². The summed E-state index contributed by atoms with van der Waals surface area (Å²) in [4.78, 5) is 48.3. The maximum Gasteiger partial charge on any atom is 0.240 e. The number of nitrogens with one attached hydrogen (secondary N) is 4. The fourth-order valence-electron chi connectivity index (χ4n) is 3.50. The number of anilines is 2. The molecule has 10 nitrogen and oxygen atoms in total. The third-order valence-electron chi connectivity index (χ3n) is 5.98. The van der Waals surface area contributed by atoms with E-state index >= 15 is 0 Å². The van der Waals surface area contributed by atoms with Gasteiger partial charge in [0.1, 0.15) is 0 Å². The number of halogens is 2. The van der Waals surface area contributed by atoms with Crippen molar-refractivity contribution in [3.05, 3.63) is 93.0 Å². The molecule has 0 unspecified atom stereocenters. The van der Waals surface area contributed by atoms with Crippen molar-refractivity contribution in [3.8, 4) is 0 Å². The van der Waals surface area contributed by atoms with Gasteiger partial charge in [0.05, 0.1) is 12.4 Å². The molecule has 3 aromatic carbocycles. The summed E-state index contributed by atoms with van der Waals surface area (Å²) in [6, 6.07) is 17.4. The van der Waals surface area contributed by atoms with Crippen molar-refractivity contribution in [2.75, 3.05) is 10.6 Å². The van der Waals surface area contributed by atoms with E-state index in [0.717, 1.165) is 11.1 Å². The number of rotatable bonds is 12. The molecule has 0 radical (unpaired) electrons. The summed E-state index contributed by atoms with van der Waals surface area (Å²) in [5.74, 6) is -1.41. The fourth-order valence-corrected chi connectivity index (χ4v) is 3.85. The SMILES string of the molecule is Cc1c(Cl)cccc1NC(=O)CCC(=O)N/N=C/c1ccc(/C=N/NC(=O)CCC(=O)Nc2cccc(Cl)c2C)cc1. The topological polar surface area (TPSA) is 141 Å². The Labute approximate surface area is 253 Å². The van der Waals surface area contributed by atoms with Crippen LogP contribution in [0.3, 0.4) is 0 Å². The van der Waals surface area contributed by atoms with Gasteiger partial charge in [-0.05, 0) is 60.4 Å². The highest BCUT2D eigenvalue weighted by Gasteiger charge is 2.10. The van der Waals surface area contributed by atoms with Gasteiger partial charge < -0.3 is 10.6 Å². The third kappa shape index (κ3) is 10.5. The molecule has 42 heavy (non-hydrogen) atoms. The van der Waals surface area contributed by atoms with E-state index in [1.54, 1.807) is 74.5 Å². The van der Waals surface area contributed by atoms with E-state index in [1.165, 1.54) is 12.4 Å². The van der Waals surface area contributed by atoms with Crippen LogP contribution >= 0.6 is 23.2 Å². The Kier molecular flexibility index (Phi) is 12.2.